The van der Waals surface area contributed by atoms with Crippen LogP contribution in [0.3, 0.4) is 0 Å². The average molecular weight is 206 g/mol. The molecule has 0 radical (unpaired) electrons. The third kappa shape index (κ3) is 898000. The summed E-state index contributed by atoms with van der Waals surface area (Å²) in [5, 5.41) is 0. The normalized spacial score (nSPS) is 8.14. The fraction of sp³-hybridized carbons (Fsp3) is 1.00. The lowest BCUT2D eigenvalue weighted by atomic mass is 10.0. The Labute approximate surface area is 93.2 Å². The summed E-state index contributed by atoms with van der Waals surface area (Å²) in [5.41, 5.74) is 0.500. The van der Waals surface area contributed by atoms with Gasteiger partial charge in [0.25, 0.3) is 0 Å². The molecule has 1 nitrogen and oxygen atoms in total. The summed E-state index contributed by atoms with van der Waals surface area (Å²) < 4.78 is 4.25. The second-order valence-corrected chi connectivity index (χ2v) is 4.82. The van der Waals surface area contributed by atoms with E-state index in [1.165, 1.54) is 12.8 Å². The molecule has 0 aliphatic heterocycles. The lowest BCUT2D eigenvalue weighted by Gasteiger charge is -2.05. The van der Waals surface area contributed by atoms with Crippen LogP contribution in [0.15, 0.2) is 0 Å². The van der Waals surface area contributed by atoms with Gasteiger partial charge in [-0.05, 0) is 5.41 Å². The molecule has 0 saturated carbocycles. The van der Waals surface area contributed by atoms with Crippen molar-refractivity contribution in [2.24, 2.45) is 5.41 Å². The second-order valence-electron chi connectivity index (χ2n) is 4.82. The molecule has 0 aliphatic carbocycles. The van der Waals surface area contributed by atoms with Crippen LogP contribution in [0.2, 0.25) is 0 Å². The van der Waals surface area contributed by atoms with Gasteiger partial charge in [0.15, 0.2) is 0 Å². The van der Waals surface area contributed by atoms with Crippen molar-refractivity contribution in [1.82, 2.24) is 0 Å². The van der Waals surface area contributed by atoms with Crippen molar-refractivity contribution in [3.05, 3.63) is 0 Å². The Kier molecular flexibility index (Phi) is 39.0. The first-order chi connectivity index (χ1) is 6.24. The molecular weight excluding hydrogens is 172 g/mol. The van der Waals surface area contributed by atoms with Gasteiger partial charge in [0, 0.05) is 14.2 Å². The van der Waals surface area contributed by atoms with E-state index in [0.717, 1.165) is 0 Å². The van der Waals surface area contributed by atoms with Crippen LogP contribution < -0.4 is 0 Å². The van der Waals surface area contributed by atoms with E-state index in [9.17, 15) is 0 Å². The van der Waals surface area contributed by atoms with Crippen LogP contribution in [0, 0.1) is 5.41 Å². The van der Waals surface area contributed by atoms with Crippen LogP contribution in [-0.4, -0.2) is 14.2 Å². The summed E-state index contributed by atoms with van der Waals surface area (Å²) in [7, 11) is 3.25. The molecule has 0 aliphatic rings. The molecule has 0 saturated heterocycles. The number of hydrogen-bond acceptors (Lipinski definition) is 1. The SMILES string of the molecule is CC(C)(C)C.CCC.CCC.COC. The van der Waals surface area contributed by atoms with Crippen molar-refractivity contribution < 1.29 is 4.74 Å². The lowest BCUT2D eigenvalue weighted by Crippen LogP contribution is -1.93. The predicted molar refractivity (Wildman–Crippen MR) is 70.0 cm³/mol. The van der Waals surface area contributed by atoms with E-state index in [0.29, 0.717) is 5.41 Å². The molecule has 0 bridgehead atoms. The molecule has 0 unspecified atom stereocenters. The zero-order valence-electron chi connectivity index (χ0n) is 12.3. The maximum atomic E-state index is 4.25. The molecule has 0 atom stereocenters. The fourth-order valence-electron chi connectivity index (χ4n) is 0. The van der Waals surface area contributed by atoms with Crippen molar-refractivity contribution in [2.75, 3.05) is 14.2 Å². The Hall–Kier alpha value is -0.0400. The van der Waals surface area contributed by atoms with Gasteiger partial charge in [0.05, 0.1) is 0 Å². The first kappa shape index (κ1) is 23.6. The van der Waals surface area contributed by atoms with Crippen molar-refractivity contribution in [1.29, 1.82) is 0 Å². The van der Waals surface area contributed by atoms with E-state index < -0.39 is 0 Å². The van der Waals surface area contributed by atoms with Crippen molar-refractivity contribution in [3.63, 3.8) is 0 Å². The van der Waals surface area contributed by atoms with E-state index in [4.69, 9.17) is 0 Å². The Morgan fingerprint density at radius 3 is 0.714 bits per heavy atom. The highest BCUT2D eigenvalue weighted by molar-refractivity contribution is 4.47. The van der Waals surface area contributed by atoms with Crippen LogP contribution in [-0.2, 0) is 4.74 Å². The Morgan fingerprint density at radius 2 is 0.714 bits per heavy atom. The molecular formula is C13H34O. The summed E-state index contributed by atoms with van der Waals surface area (Å²) in [6, 6.07) is 0. The van der Waals surface area contributed by atoms with E-state index in [1.54, 1.807) is 14.2 Å². The highest BCUT2D eigenvalue weighted by Crippen LogP contribution is 2.07. The molecule has 14 heavy (non-hydrogen) atoms. The van der Waals surface area contributed by atoms with Crippen molar-refractivity contribution in [2.45, 2.75) is 68.2 Å². The van der Waals surface area contributed by atoms with Gasteiger partial charge in [-0.2, -0.15) is 0 Å². The zero-order valence-corrected chi connectivity index (χ0v) is 12.3. The fourth-order valence-corrected chi connectivity index (χ4v) is 0. The monoisotopic (exact) mass is 206 g/mol. The summed E-state index contributed by atoms with van der Waals surface area (Å²) >= 11 is 0. The number of rotatable bonds is 0. The highest BCUT2D eigenvalue weighted by atomic mass is 16.4. The van der Waals surface area contributed by atoms with Crippen LogP contribution in [0.25, 0.3) is 0 Å². The van der Waals surface area contributed by atoms with E-state index in [-0.39, 0.29) is 0 Å². The number of hydrogen-bond donors (Lipinski definition) is 0. The van der Waals surface area contributed by atoms with Gasteiger partial charge in [0.2, 0.25) is 0 Å². The molecule has 0 aromatic rings. The molecule has 0 amide bonds. The van der Waals surface area contributed by atoms with Gasteiger partial charge >= 0.3 is 0 Å². The second kappa shape index (κ2) is 23.1. The molecule has 0 aromatic carbocycles. The molecule has 92 valence electrons. The summed E-state index contributed by atoms with van der Waals surface area (Å²) in [4.78, 5) is 0. The zero-order chi connectivity index (χ0) is 12.6. The van der Waals surface area contributed by atoms with Crippen LogP contribution in [0.5, 0.6) is 0 Å². The Morgan fingerprint density at radius 1 is 0.714 bits per heavy atom. The van der Waals surface area contributed by atoms with E-state index in [1.807, 2.05) is 0 Å². The van der Waals surface area contributed by atoms with Gasteiger partial charge in [-0.1, -0.05) is 68.2 Å². The Bertz CT molecular complexity index is 42.0. The molecule has 0 spiro atoms. The molecule has 1 heteroatoms. The average Bonchev–Trinajstić information content (AvgIpc) is 1.86. The summed E-state index contributed by atoms with van der Waals surface area (Å²) in [6.45, 7) is 17.2. The first-order valence-electron chi connectivity index (χ1n) is 5.64. The molecule has 0 N–H and O–H groups in total. The van der Waals surface area contributed by atoms with Crippen molar-refractivity contribution in [3.8, 4) is 0 Å². The molecule has 0 fully saturated rings. The quantitative estimate of drug-likeness (QED) is 0.533. The predicted octanol–water partition coefficient (Wildman–Crippen LogP) is 5.15. The number of methoxy groups -OCH3 is 1. The third-order valence-corrected chi connectivity index (χ3v) is 0. The molecule has 0 rings (SSSR count). The van der Waals surface area contributed by atoms with Crippen LogP contribution >= 0.6 is 0 Å². The smallest absolute Gasteiger partial charge is 0.0351 e. The highest BCUT2D eigenvalue weighted by Gasteiger charge is 1.95. The maximum absolute atomic E-state index is 4.25. The van der Waals surface area contributed by atoms with Crippen LogP contribution in [0.4, 0.5) is 0 Å². The minimum atomic E-state index is 0.500. The lowest BCUT2D eigenvalue weighted by molar-refractivity contribution is 0.277. The topological polar surface area (TPSA) is 9.23 Å². The third-order valence-electron chi connectivity index (χ3n) is 0. The van der Waals surface area contributed by atoms with E-state index in [2.05, 4.69) is 60.1 Å². The molecule has 0 aromatic heterocycles. The first-order valence-corrected chi connectivity index (χ1v) is 5.64. The maximum Gasteiger partial charge on any atom is 0.0351 e. The standard InChI is InChI=1S/C5H12.2C3H8.C2H6O/c1-5(2,3)4;3*1-3-2/h1-4H3;2*3H2,1-2H3;1-2H3. The summed E-state index contributed by atoms with van der Waals surface area (Å²) in [6.07, 6.45) is 2.50. The van der Waals surface area contributed by atoms with Gasteiger partial charge in [-0.25, -0.2) is 0 Å². The van der Waals surface area contributed by atoms with Gasteiger partial charge in [-0.3, -0.25) is 0 Å². The minimum Gasteiger partial charge on any atom is -0.388 e. The van der Waals surface area contributed by atoms with Crippen molar-refractivity contribution >= 4 is 0 Å². The minimum absolute atomic E-state index is 0.500. The van der Waals surface area contributed by atoms with Gasteiger partial charge in [-0.15, -0.1) is 0 Å². The van der Waals surface area contributed by atoms with Gasteiger partial charge < -0.3 is 4.74 Å². The summed E-state index contributed by atoms with van der Waals surface area (Å²) in [5.74, 6) is 0. The largest absolute Gasteiger partial charge is 0.388 e. The van der Waals surface area contributed by atoms with Gasteiger partial charge in [0.1, 0.15) is 0 Å². The number of ether oxygens (including phenoxy) is 1. The Balaban J connectivity index is -0.0000000495. The van der Waals surface area contributed by atoms with E-state index >= 15 is 0 Å². The molecule has 0 heterocycles. The van der Waals surface area contributed by atoms with Crippen LogP contribution in [0.1, 0.15) is 68.2 Å².